The van der Waals surface area contributed by atoms with Gasteiger partial charge in [-0.15, -0.1) is 0 Å². The van der Waals surface area contributed by atoms with Crippen LogP contribution >= 0.6 is 12.6 Å². The summed E-state index contributed by atoms with van der Waals surface area (Å²) in [4.78, 5) is 25.4. The summed E-state index contributed by atoms with van der Waals surface area (Å²) in [5.41, 5.74) is 2.10. The Morgan fingerprint density at radius 3 is 2.48 bits per heavy atom. The van der Waals surface area contributed by atoms with Crippen molar-refractivity contribution in [3.63, 3.8) is 0 Å². The second kappa shape index (κ2) is 9.57. The van der Waals surface area contributed by atoms with Gasteiger partial charge in [0, 0.05) is 71.8 Å². The maximum Gasteiger partial charge on any atom is 0.415 e. The lowest BCUT2D eigenvalue weighted by Gasteiger charge is -2.33. The highest BCUT2D eigenvalue weighted by molar-refractivity contribution is 7.80. The molecule has 164 valence electrons. The molecule has 8 nitrogen and oxygen atoms in total. The normalized spacial score (nSPS) is 15.8. The molecule has 0 saturated carbocycles. The molecule has 1 saturated heterocycles. The van der Waals surface area contributed by atoms with E-state index in [1.54, 1.807) is 11.1 Å². The summed E-state index contributed by atoms with van der Waals surface area (Å²) >= 11 is 4.67. The number of aromatic nitrogens is 4. The van der Waals surface area contributed by atoms with Gasteiger partial charge in [0.2, 0.25) is 0 Å². The molecule has 1 aromatic carbocycles. The van der Waals surface area contributed by atoms with Crippen LogP contribution in [0.15, 0.2) is 49.2 Å². The maximum absolute atomic E-state index is 12.6. The third-order valence-corrected chi connectivity index (χ3v) is 6.11. The number of ether oxygens (including phenoxy) is 1. The number of piperazine rings is 1. The van der Waals surface area contributed by atoms with Gasteiger partial charge >= 0.3 is 6.09 Å². The molecule has 1 fully saturated rings. The number of carbonyl (C=O) groups is 1. The van der Waals surface area contributed by atoms with Crippen LogP contribution in [-0.4, -0.2) is 67.7 Å². The number of aryl methyl sites for hydroxylation is 2. The van der Waals surface area contributed by atoms with Gasteiger partial charge in [0.25, 0.3) is 0 Å². The second-order valence-electron chi connectivity index (χ2n) is 7.85. The van der Waals surface area contributed by atoms with E-state index in [0.717, 1.165) is 43.1 Å². The number of rotatable bonds is 6. The Morgan fingerprint density at radius 2 is 1.87 bits per heavy atom. The van der Waals surface area contributed by atoms with Crippen LogP contribution in [0.5, 0.6) is 5.75 Å². The van der Waals surface area contributed by atoms with Gasteiger partial charge in [-0.1, -0.05) is 12.1 Å². The van der Waals surface area contributed by atoms with Crippen molar-refractivity contribution in [2.75, 3.05) is 32.7 Å². The Morgan fingerprint density at radius 1 is 1.13 bits per heavy atom. The van der Waals surface area contributed by atoms with E-state index in [1.165, 1.54) is 0 Å². The molecule has 0 radical (unpaired) electrons. The number of amides is 1. The number of hydrogen-bond donors (Lipinski definition) is 1. The van der Waals surface area contributed by atoms with E-state index in [2.05, 4.69) is 27.5 Å². The van der Waals surface area contributed by atoms with Crippen molar-refractivity contribution in [1.82, 2.24) is 28.9 Å². The molecular weight excluding hydrogens is 412 g/mol. The number of thiol groups is 1. The first-order chi connectivity index (χ1) is 15.0. The van der Waals surface area contributed by atoms with E-state index in [9.17, 15) is 4.79 Å². The van der Waals surface area contributed by atoms with Crippen LogP contribution in [0.25, 0.3) is 0 Å². The molecule has 3 heterocycles. The van der Waals surface area contributed by atoms with Gasteiger partial charge < -0.3 is 18.8 Å². The first-order valence-electron chi connectivity index (χ1n) is 10.4. The Kier molecular flexibility index (Phi) is 6.62. The second-order valence-corrected chi connectivity index (χ2v) is 8.36. The average molecular weight is 441 g/mol. The average Bonchev–Trinajstić information content (AvgIpc) is 3.40. The third-order valence-electron chi connectivity index (χ3n) is 5.58. The monoisotopic (exact) mass is 440 g/mol. The van der Waals surface area contributed by atoms with Crippen molar-refractivity contribution < 1.29 is 9.53 Å². The van der Waals surface area contributed by atoms with Crippen LogP contribution < -0.4 is 4.74 Å². The predicted octanol–water partition coefficient (Wildman–Crippen LogP) is 2.53. The van der Waals surface area contributed by atoms with Crippen molar-refractivity contribution >= 4 is 18.7 Å². The Bertz CT molecular complexity index is 1010. The number of imidazole rings is 2. The first kappa shape index (κ1) is 21.5. The lowest BCUT2D eigenvalue weighted by atomic mass is 10.1. The maximum atomic E-state index is 12.6. The van der Waals surface area contributed by atoms with E-state index >= 15 is 0 Å². The molecule has 1 unspecified atom stereocenters. The zero-order valence-corrected chi connectivity index (χ0v) is 18.8. The summed E-state index contributed by atoms with van der Waals surface area (Å²) < 4.78 is 9.49. The van der Waals surface area contributed by atoms with Crippen LogP contribution in [0.1, 0.15) is 22.3 Å². The summed E-state index contributed by atoms with van der Waals surface area (Å²) in [5, 5.41) is -0.135. The van der Waals surface area contributed by atoms with Crippen molar-refractivity contribution in [1.29, 1.82) is 0 Å². The van der Waals surface area contributed by atoms with Crippen LogP contribution in [-0.2, 0) is 20.5 Å². The van der Waals surface area contributed by atoms with Gasteiger partial charge in [-0.3, -0.25) is 4.90 Å². The minimum Gasteiger partial charge on any atom is -0.410 e. The highest BCUT2D eigenvalue weighted by atomic mass is 32.1. The minimum absolute atomic E-state index is 0.135. The molecule has 1 atom stereocenters. The highest BCUT2D eigenvalue weighted by Crippen LogP contribution is 2.28. The molecule has 0 bridgehead atoms. The zero-order chi connectivity index (χ0) is 21.8. The summed E-state index contributed by atoms with van der Waals surface area (Å²) in [6.45, 7) is 3.95. The largest absolute Gasteiger partial charge is 0.415 e. The van der Waals surface area contributed by atoms with Gasteiger partial charge in [0.15, 0.2) is 0 Å². The number of benzene rings is 1. The number of carbonyl (C=O) groups excluding carboxylic acids is 1. The molecule has 3 aromatic rings. The van der Waals surface area contributed by atoms with Crippen LogP contribution in [0.2, 0.25) is 0 Å². The molecule has 31 heavy (non-hydrogen) atoms. The lowest BCUT2D eigenvalue weighted by molar-refractivity contribution is 0.111. The smallest absolute Gasteiger partial charge is 0.410 e. The van der Waals surface area contributed by atoms with E-state index < -0.39 is 0 Å². The fourth-order valence-electron chi connectivity index (χ4n) is 3.70. The fraction of sp³-hybridized carbons (Fsp3) is 0.409. The molecule has 1 aliphatic heterocycles. The van der Waals surface area contributed by atoms with Crippen LogP contribution in [0.4, 0.5) is 4.79 Å². The van der Waals surface area contributed by atoms with Gasteiger partial charge in [-0.25, -0.2) is 14.8 Å². The SMILES string of the molecule is Cn1cnc(CCN2CCN(C(=O)Oc3ccc(C(S)c4nccn4C)cc3)CC2)c1. The summed E-state index contributed by atoms with van der Waals surface area (Å²) in [6, 6.07) is 7.46. The third kappa shape index (κ3) is 5.29. The number of hydrogen-bond acceptors (Lipinski definition) is 6. The quantitative estimate of drug-likeness (QED) is 0.597. The zero-order valence-electron chi connectivity index (χ0n) is 17.9. The standard InChI is InChI=1S/C22H28N6O2S/c1-25-15-18(24-16-25)7-9-27-11-13-28(14-12-27)22(29)30-19-5-3-17(4-6-19)20(31)21-23-8-10-26(21)2/h3-6,8,10,15-16,20,31H,7,9,11-14H2,1-2H3. The molecule has 2 aromatic heterocycles. The van der Waals surface area contributed by atoms with Gasteiger partial charge in [-0.2, -0.15) is 12.6 Å². The van der Waals surface area contributed by atoms with E-state index in [-0.39, 0.29) is 11.3 Å². The summed E-state index contributed by atoms with van der Waals surface area (Å²) in [7, 11) is 3.92. The summed E-state index contributed by atoms with van der Waals surface area (Å²) in [5.74, 6) is 1.40. The molecule has 0 aliphatic carbocycles. The molecule has 1 aliphatic rings. The lowest BCUT2D eigenvalue weighted by Crippen LogP contribution is -2.49. The summed E-state index contributed by atoms with van der Waals surface area (Å²) in [6.07, 6.45) is 8.14. The topological polar surface area (TPSA) is 68.4 Å². The van der Waals surface area contributed by atoms with Crippen LogP contribution in [0.3, 0.4) is 0 Å². The number of nitrogens with zero attached hydrogens (tertiary/aromatic N) is 6. The Balaban J connectivity index is 1.24. The Hall–Kier alpha value is -2.78. The molecule has 0 N–H and O–H groups in total. The molecule has 1 amide bonds. The first-order valence-corrected chi connectivity index (χ1v) is 10.9. The van der Waals surface area contributed by atoms with Crippen molar-refractivity contribution in [2.45, 2.75) is 11.7 Å². The van der Waals surface area contributed by atoms with Gasteiger partial charge in [0.1, 0.15) is 11.6 Å². The van der Waals surface area contributed by atoms with Crippen molar-refractivity contribution in [3.05, 3.63) is 66.3 Å². The molecular formula is C22H28N6O2S. The molecule has 9 heteroatoms. The minimum atomic E-state index is -0.302. The molecule has 0 spiro atoms. The molecule has 4 rings (SSSR count). The van der Waals surface area contributed by atoms with E-state index in [4.69, 9.17) is 4.74 Å². The van der Waals surface area contributed by atoms with Crippen LogP contribution in [0, 0.1) is 0 Å². The fourth-order valence-corrected chi connectivity index (χ4v) is 4.12. The predicted molar refractivity (Wildman–Crippen MR) is 121 cm³/mol. The van der Waals surface area contributed by atoms with E-state index in [1.807, 2.05) is 66.2 Å². The Labute approximate surface area is 187 Å². The van der Waals surface area contributed by atoms with E-state index in [0.29, 0.717) is 18.8 Å². The highest BCUT2D eigenvalue weighted by Gasteiger charge is 2.23. The van der Waals surface area contributed by atoms with Crippen molar-refractivity contribution in [3.8, 4) is 5.75 Å². The van der Waals surface area contributed by atoms with Crippen molar-refractivity contribution in [2.24, 2.45) is 14.1 Å². The van der Waals surface area contributed by atoms with Gasteiger partial charge in [-0.05, 0) is 17.7 Å². The van der Waals surface area contributed by atoms with Gasteiger partial charge in [0.05, 0.1) is 17.3 Å².